The third kappa shape index (κ3) is 2.95. The fourth-order valence-electron chi connectivity index (χ4n) is 2.68. The Morgan fingerprint density at radius 2 is 2.32 bits per heavy atom. The molecule has 1 aromatic carbocycles. The predicted octanol–water partition coefficient (Wildman–Crippen LogP) is 2.31. The number of fused-ring (bicyclic) bond motifs is 1. The first-order valence-corrected chi connectivity index (χ1v) is 7.73. The number of halogens is 1. The molecule has 5 nitrogen and oxygen atoms in total. The monoisotopic (exact) mass is 318 g/mol. The highest BCUT2D eigenvalue weighted by molar-refractivity contribution is 6.30. The average molecular weight is 319 g/mol. The fourth-order valence-corrected chi connectivity index (χ4v) is 2.88. The summed E-state index contributed by atoms with van der Waals surface area (Å²) in [7, 11) is 0. The Kier molecular flexibility index (Phi) is 4.07. The lowest BCUT2D eigenvalue weighted by Crippen LogP contribution is -2.39. The Morgan fingerprint density at radius 1 is 1.50 bits per heavy atom. The van der Waals surface area contributed by atoms with Crippen LogP contribution in [-0.2, 0) is 17.8 Å². The van der Waals surface area contributed by atoms with Crippen molar-refractivity contribution < 1.29 is 4.79 Å². The Balaban J connectivity index is 1.52. The summed E-state index contributed by atoms with van der Waals surface area (Å²) in [5.74, 6) is 0.0156. The number of benzene rings is 1. The topological polar surface area (TPSA) is 59.0 Å². The van der Waals surface area contributed by atoms with Crippen LogP contribution in [0.2, 0.25) is 5.02 Å². The van der Waals surface area contributed by atoms with E-state index in [0.717, 1.165) is 29.2 Å². The Bertz CT molecular complexity index is 710. The SMILES string of the molecule is Cc1ncn(CCNC(=O)[C@@H]2Cc3cc(Cl)ccc3N2)c1C. The summed E-state index contributed by atoms with van der Waals surface area (Å²) in [6.45, 7) is 5.33. The van der Waals surface area contributed by atoms with Crippen LogP contribution in [0.15, 0.2) is 24.5 Å². The Labute approximate surface area is 134 Å². The molecule has 0 aliphatic carbocycles. The minimum Gasteiger partial charge on any atom is -0.373 e. The maximum absolute atomic E-state index is 12.2. The lowest BCUT2D eigenvalue weighted by atomic mass is 10.1. The van der Waals surface area contributed by atoms with Crippen molar-refractivity contribution in [2.75, 3.05) is 11.9 Å². The second kappa shape index (κ2) is 6.01. The average Bonchev–Trinajstić information content (AvgIpc) is 3.04. The van der Waals surface area contributed by atoms with Crippen LogP contribution in [0.5, 0.6) is 0 Å². The summed E-state index contributed by atoms with van der Waals surface area (Å²) >= 11 is 5.98. The van der Waals surface area contributed by atoms with Gasteiger partial charge in [-0.3, -0.25) is 4.79 Å². The van der Waals surface area contributed by atoms with E-state index in [4.69, 9.17) is 11.6 Å². The zero-order chi connectivity index (χ0) is 15.7. The van der Waals surface area contributed by atoms with Gasteiger partial charge in [0.05, 0.1) is 12.0 Å². The van der Waals surface area contributed by atoms with Gasteiger partial charge in [0.15, 0.2) is 0 Å². The molecular weight excluding hydrogens is 300 g/mol. The molecule has 1 aliphatic heterocycles. The van der Waals surface area contributed by atoms with Gasteiger partial charge in [0.25, 0.3) is 0 Å². The number of anilines is 1. The molecule has 1 atom stereocenters. The molecule has 1 amide bonds. The molecule has 3 rings (SSSR count). The smallest absolute Gasteiger partial charge is 0.242 e. The minimum atomic E-state index is -0.223. The lowest BCUT2D eigenvalue weighted by molar-refractivity contribution is -0.121. The zero-order valence-corrected chi connectivity index (χ0v) is 13.4. The highest BCUT2D eigenvalue weighted by atomic mass is 35.5. The molecule has 0 fully saturated rings. The molecule has 0 radical (unpaired) electrons. The molecule has 116 valence electrons. The molecule has 1 aliphatic rings. The highest BCUT2D eigenvalue weighted by Gasteiger charge is 2.26. The number of carbonyl (C=O) groups excluding carboxylic acids is 1. The van der Waals surface area contributed by atoms with Gasteiger partial charge >= 0.3 is 0 Å². The number of amides is 1. The fraction of sp³-hybridized carbons (Fsp3) is 0.375. The standard InChI is InChI=1S/C16H19ClN4O/c1-10-11(2)21(9-19-10)6-5-18-16(22)15-8-12-7-13(17)3-4-14(12)20-15/h3-4,7,9,15,20H,5-6,8H2,1-2H3,(H,18,22)/t15-/m0/s1. The van der Waals surface area contributed by atoms with Crippen molar-refractivity contribution in [2.24, 2.45) is 0 Å². The van der Waals surface area contributed by atoms with Crippen LogP contribution >= 0.6 is 11.6 Å². The number of hydrogen-bond acceptors (Lipinski definition) is 3. The second-order valence-corrected chi connectivity index (χ2v) is 6.04. The molecule has 0 bridgehead atoms. The number of nitrogens with one attached hydrogen (secondary N) is 2. The zero-order valence-electron chi connectivity index (χ0n) is 12.7. The quantitative estimate of drug-likeness (QED) is 0.909. The van der Waals surface area contributed by atoms with Crippen molar-refractivity contribution in [3.8, 4) is 0 Å². The second-order valence-electron chi connectivity index (χ2n) is 5.60. The molecular formula is C16H19ClN4O. The van der Waals surface area contributed by atoms with Gasteiger partial charge in [0, 0.05) is 35.9 Å². The van der Waals surface area contributed by atoms with E-state index in [1.54, 1.807) is 0 Å². The van der Waals surface area contributed by atoms with Crippen LogP contribution in [-0.4, -0.2) is 28.0 Å². The summed E-state index contributed by atoms with van der Waals surface area (Å²) in [5, 5.41) is 6.91. The number of hydrogen-bond donors (Lipinski definition) is 2. The van der Waals surface area contributed by atoms with Gasteiger partial charge in [-0.05, 0) is 37.6 Å². The van der Waals surface area contributed by atoms with Crippen LogP contribution in [0.4, 0.5) is 5.69 Å². The maximum atomic E-state index is 12.2. The van der Waals surface area contributed by atoms with Crippen LogP contribution in [0.25, 0.3) is 0 Å². The predicted molar refractivity (Wildman–Crippen MR) is 87.3 cm³/mol. The first-order valence-electron chi connectivity index (χ1n) is 7.35. The molecule has 0 unspecified atom stereocenters. The van der Waals surface area contributed by atoms with E-state index in [-0.39, 0.29) is 11.9 Å². The van der Waals surface area contributed by atoms with Gasteiger partial charge in [-0.15, -0.1) is 0 Å². The van der Waals surface area contributed by atoms with Crippen molar-refractivity contribution in [3.05, 3.63) is 46.5 Å². The van der Waals surface area contributed by atoms with Crippen molar-refractivity contribution in [3.63, 3.8) is 0 Å². The summed E-state index contributed by atoms with van der Waals surface area (Å²) in [4.78, 5) is 16.5. The Morgan fingerprint density at radius 3 is 3.05 bits per heavy atom. The van der Waals surface area contributed by atoms with Gasteiger partial charge in [-0.25, -0.2) is 4.98 Å². The van der Waals surface area contributed by atoms with Crippen molar-refractivity contribution in [1.29, 1.82) is 0 Å². The van der Waals surface area contributed by atoms with Crippen LogP contribution in [0.1, 0.15) is 17.0 Å². The molecule has 0 saturated heterocycles. The Hall–Kier alpha value is -2.01. The number of aryl methyl sites for hydroxylation is 1. The molecule has 0 spiro atoms. The number of nitrogens with zero attached hydrogens (tertiary/aromatic N) is 2. The molecule has 0 saturated carbocycles. The van der Waals surface area contributed by atoms with Crippen molar-refractivity contribution in [1.82, 2.24) is 14.9 Å². The van der Waals surface area contributed by atoms with Crippen LogP contribution < -0.4 is 10.6 Å². The summed E-state index contributed by atoms with van der Waals surface area (Å²) in [5.41, 5.74) is 4.24. The molecule has 2 N–H and O–H groups in total. The minimum absolute atomic E-state index is 0.0156. The largest absolute Gasteiger partial charge is 0.373 e. The third-order valence-electron chi connectivity index (χ3n) is 4.13. The number of carbonyl (C=O) groups is 1. The van der Waals surface area contributed by atoms with Crippen molar-refractivity contribution in [2.45, 2.75) is 32.9 Å². The highest BCUT2D eigenvalue weighted by Crippen LogP contribution is 2.28. The van der Waals surface area contributed by atoms with E-state index < -0.39 is 0 Å². The van der Waals surface area contributed by atoms with E-state index in [2.05, 4.69) is 15.6 Å². The van der Waals surface area contributed by atoms with E-state index in [0.29, 0.717) is 18.0 Å². The van der Waals surface area contributed by atoms with Crippen molar-refractivity contribution >= 4 is 23.2 Å². The summed E-state index contributed by atoms with van der Waals surface area (Å²) < 4.78 is 2.05. The van der Waals surface area contributed by atoms with Gasteiger partial charge < -0.3 is 15.2 Å². The first kappa shape index (κ1) is 14.9. The van der Waals surface area contributed by atoms with E-state index in [1.165, 1.54) is 0 Å². The molecule has 22 heavy (non-hydrogen) atoms. The van der Waals surface area contributed by atoms with Crippen LogP contribution in [0.3, 0.4) is 0 Å². The van der Waals surface area contributed by atoms with Gasteiger partial charge in [-0.2, -0.15) is 0 Å². The van der Waals surface area contributed by atoms with Gasteiger partial charge in [0.2, 0.25) is 5.91 Å². The lowest BCUT2D eigenvalue weighted by Gasteiger charge is -2.12. The summed E-state index contributed by atoms with van der Waals surface area (Å²) in [6, 6.07) is 5.44. The van der Waals surface area contributed by atoms with Crippen LogP contribution in [0, 0.1) is 13.8 Å². The summed E-state index contributed by atoms with van der Waals surface area (Å²) in [6.07, 6.45) is 2.48. The number of rotatable bonds is 4. The van der Waals surface area contributed by atoms with Gasteiger partial charge in [0.1, 0.15) is 6.04 Å². The molecule has 2 aromatic rings. The molecule has 1 aromatic heterocycles. The maximum Gasteiger partial charge on any atom is 0.242 e. The van der Waals surface area contributed by atoms with E-state index in [1.807, 2.05) is 42.9 Å². The first-order chi connectivity index (χ1) is 10.5. The molecule has 6 heteroatoms. The number of imidazole rings is 1. The normalized spacial score (nSPS) is 16.2. The third-order valence-corrected chi connectivity index (χ3v) is 4.37. The number of aromatic nitrogens is 2. The molecule has 2 heterocycles. The van der Waals surface area contributed by atoms with E-state index >= 15 is 0 Å². The van der Waals surface area contributed by atoms with Gasteiger partial charge in [-0.1, -0.05) is 11.6 Å². The van der Waals surface area contributed by atoms with E-state index in [9.17, 15) is 4.79 Å².